The van der Waals surface area contributed by atoms with E-state index in [9.17, 15) is 9.59 Å². The molecular weight excluding hydrogens is 535 g/mol. The average Bonchev–Trinajstić information content (AvgIpc) is 3.14. The summed E-state index contributed by atoms with van der Waals surface area (Å²) in [4.78, 5) is 31.8. The molecule has 0 saturated heterocycles. The van der Waals surface area contributed by atoms with Crippen molar-refractivity contribution < 1.29 is 19.0 Å². The summed E-state index contributed by atoms with van der Waals surface area (Å²) in [7, 11) is 1.53. The van der Waals surface area contributed by atoms with Gasteiger partial charge in [0.15, 0.2) is 16.3 Å². The summed E-state index contributed by atoms with van der Waals surface area (Å²) in [5, 5.41) is 0.789. The molecule has 3 aromatic rings. The van der Waals surface area contributed by atoms with Gasteiger partial charge in [0, 0.05) is 5.02 Å². The van der Waals surface area contributed by atoms with Crippen LogP contribution in [0.25, 0.3) is 6.08 Å². The molecule has 1 atom stereocenters. The summed E-state index contributed by atoms with van der Waals surface area (Å²) >= 11 is 14.2. The van der Waals surface area contributed by atoms with E-state index in [1.807, 2.05) is 19.9 Å². The van der Waals surface area contributed by atoms with Crippen molar-refractivity contribution in [2.75, 3.05) is 13.7 Å². The Hall–Kier alpha value is -3.07. The van der Waals surface area contributed by atoms with Gasteiger partial charge in [0.1, 0.15) is 6.04 Å². The fourth-order valence-corrected chi connectivity index (χ4v) is 5.66. The number of carbonyl (C=O) groups is 1. The van der Waals surface area contributed by atoms with E-state index in [4.69, 9.17) is 37.4 Å². The van der Waals surface area contributed by atoms with Crippen LogP contribution in [0.3, 0.4) is 0 Å². The molecule has 0 unspecified atom stereocenters. The first-order valence-corrected chi connectivity index (χ1v) is 13.2. The van der Waals surface area contributed by atoms with Gasteiger partial charge in [-0.2, -0.15) is 0 Å². The summed E-state index contributed by atoms with van der Waals surface area (Å²) in [6.07, 6.45) is 1.62. The zero-order valence-electron chi connectivity index (χ0n) is 21.0. The molecule has 7 nitrogen and oxygen atoms in total. The lowest BCUT2D eigenvalue weighted by Crippen LogP contribution is -2.40. The van der Waals surface area contributed by atoms with Crippen molar-refractivity contribution in [2.45, 2.75) is 39.8 Å². The van der Waals surface area contributed by atoms with Crippen molar-refractivity contribution >= 4 is 46.6 Å². The van der Waals surface area contributed by atoms with Crippen LogP contribution in [-0.2, 0) is 9.53 Å². The van der Waals surface area contributed by atoms with Gasteiger partial charge in [-0.3, -0.25) is 9.36 Å². The zero-order chi connectivity index (χ0) is 26.9. The number of benzene rings is 2. The van der Waals surface area contributed by atoms with Crippen LogP contribution in [0.1, 0.15) is 44.9 Å². The van der Waals surface area contributed by atoms with E-state index >= 15 is 0 Å². The second-order valence-corrected chi connectivity index (χ2v) is 10.3. The first kappa shape index (κ1) is 27.0. The predicted molar refractivity (Wildman–Crippen MR) is 146 cm³/mol. The summed E-state index contributed by atoms with van der Waals surface area (Å²) in [5.41, 5.74) is 1.68. The maximum absolute atomic E-state index is 13.8. The lowest BCUT2D eigenvalue weighted by atomic mass is 9.96. The molecule has 1 aliphatic rings. The van der Waals surface area contributed by atoms with E-state index in [1.54, 1.807) is 50.3 Å². The molecule has 0 bridgehead atoms. The van der Waals surface area contributed by atoms with Crippen molar-refractivity contribution in [3.8, 4) is 11.5 Å². The van der Waals surface area contributed by atoms with E-state index in [-0.39, 0.29) is 23.8 Å². The van der Waals surface area contributed by atoms with Crippen molar-refractivity contribution in [1.82, 2.24) is 4.57 Å². The molecule has 0 radical (unpaired) electrons. The molecule has 0 fully saturated rings. The van der Waals surface area contributed by atoms with Gasteiger partial charge in [0.2, 0.25) is 0 Å². The van der Waals surface area contributed by atoms with Crippen molar-refractivity contribution in [3.05, 3.63) is 88.5 Å². The van der Waals surface area contributed by atoms with Crippen molar-refractivity contribution in [1.29, 1.82) is 0 Å². The van der Waals surface area contributed by atoms with Gasteiger partial charge in [-0.15, -0.1) is 0 Å². The van der Waals surface area contributed by atoms with Crippen molar-refractivity contribution in [3.63, 3.8) is 0 Å². The van der Waals surface area contributed by atoms with Gasteiger partial charge >= 0.3 is 5.97 Å². The average molecular weight is 561 g/mol. The zero-order valence-corrected chi connectivity index (χ0v) is 23.3. The molecular formula is C27H26Cl2N2O5S. The number of thiazole rings is 1. The minimum Gasteiger partial charge on any atom is -0.493 e. The van der Waals surface area contributed by atoms with E-state index in [0.29, 0.717) is 47.7 Å². The SMILES string of the molecule is CCOC(=O)C1=C(C)N=c2s/c(=C\c3cc(Cl)c(OC(C)C)c(OC)c3)c(=O)n2[C@@H]1c1ccccc1Cl. The lowest BCUT2D eigenvalue weighted by molar-refractivity contribution is -0.139. The number of ether oxygens (including phenoxy) is 3. The minimum absolute atomic E-state index is 0.0948. The Morgan fingerprint density at radius 2 is 1.95 bits per heavy atom. The second kappa shape index (κ2) is 11.1. The summed E-state index contributed by atoms with van der Waals surface area (Å²) in [6, 6.07) is 9.79. The molecule has 0 saturated carbocycles. The smallest absolute Gasteiger partial charge is 0.338 e. The van der Waals surface area contributed by atoms with E-state index in [1.165, 1.54) is 23.0 Å². The second-order valence-electron chi connectivity index (χ2n) is 8.52. The molecule has 1 aliphatic heterocycles. The fourth-order valence-electron chi connectivity index (χ4n) is 4.11. The third-order valence-corrected chi connectivity index (χ3v) is 7.23. The van der Waals surface area contributed by atoms with Crippen LogP contribution in [-0.4, -0.2) is 30.4 Å². The molecule has 10 heteroatoms. The first-order valence-electron chi connectivity index (χ1n) is 11.6. The number of halogens is 2. The molecule has 4 rings (SSSR count). The summed E-state index contributed by atoms with van der Waals surface area (Å²) in [6.45, 7) is 7.43. The van der Waals surface area contributed by atoms with Crippen LogP contribution in [0.4, 0.5) is 0 Å². The molecule has 0 aliphatic carbocycles. The Bertz CT molecular complexity index is 1570. The third-order valence-electron chi connectivity index (χ3n) is 5.62. The maximum Gasteiger partial charge on any atom is 0.338 e. The Labute approximate surface area is 228 Å². The standard InChI is InChI=1S/C27H26Cl2N2O5S/c1-6-35-26(33)22-15(4)30-27-31(23(22)17-9-7-8-10-18(17)28)25(32)21(37-27)13-16-11-19(29)24(36-14(2)3)20(12-16)34-5/h7-14,23H,6H2,1-5H3/b21-13-/t23-/m1/s1. The van der Waals surface area contributed by atoms with E-state index in [2.05, 4.69) is 4.99 Å². The highest BCUT2D eigenvalue weighted by Crippen LogP contribution is 2.37. The summed E-state index contributed by atoms with van der Waals surface area (Å²) < 4.78 is 18.5. The number of esters is 1. The number of carbonyl (C=O) groups excluding carboxylic acids is 1. The highest BCUT2D eigenvalue weighted by molar-refractivity contribution is 7.07. The number of aromatic nitrogens is 1. The molecule has 194 valence electrons. The van der Waals surface area contributed by atoms with Crippen LogP contribution in [0, 0.1) is 0 Å². The largest absolute Gasteiger partial charge is 0.493 e. The molecule has 2 aromatic carbocycles. The lowest BCUT2D eigenvalue weighted by Gasteiger charge is -2.25. The van der Waals surface area contributed by atoms with Gasteiger partial charge in [-0.05, 0) is 63.1 Å². The van der Waals surface area contributed by atoms with Crippen molar-refractivity contribution in [2.24, 2.45) is 4.99 Å². The number of hydrogen-bond acceptors (Lipinski definition) is 7. The van der Waals surface area contributed by atoms with Gasteiger partial charge < -0.3 is 14.2 Å². The number of allylic oxidation sites excluding steroid dienone is 1. The normalized spacial score (nSPS) is 15.5. The van der Waals surface area contributed by atoms with Crippen LogP contribution in [0.2, 0.25) is 10.0 Å². The highest BCUT2D eigenvalue weighted by atomic mass is 35.5. The molecule has 0 N–H and O–H groups in total. The van der Waals surface area contributed by atoms with E-state index in [0.717, 1.165) is 0 Å². The third kappa shape index (κ3) is 5.32. The van der Waals surface area contributed by atoms with Gasteiger partial charge in [0.05, 0.1) is 40.6 Å². The predicted octanol–water partition coefficient (Wildman–Crippen LogP) is 4.90. The number of nitrogens with zero attached hydrogens (tertiary/aromatic N) is 2. The number of rotatable bonds is 7. The topological polar surface area (TPSA) is 79.1 Å². The fraction of sp³-hybridized carbons (Fsp3) is 0.296. The van der Waals surface area contributed by atoms with Gasteiger partial charge in [-0.25, -0.2) is 9.79 Å². The molecule has 0 amide bonds. The monoisotopic (exact) mass is 560 g/mol. The highest BCUT2D eigenvalue weighted by Gasteiger charge is 2.34. The summed E-state index contributed by atoms with van der Waals surface area (Å²) in [5.74, 6) is 0.348. The molecule has 1 aromatic heterocycles. The maximum atomic E-state index is 13.8. The van der Waals surface area contributed by atoms with Gasteiger partial charge in [0.25, 0.3) is 5.56 Å². The number of fused-ring (bicyclic) bond motifs is 1. The first-order chi connectivity index (χ1) is 17.7. The molecule has 0 spiro atoms. The molecule has 2 heterocycles. The van der Waals surface area contributed by atoms with Crippen LogP contribution in [0.5, 0.6) is 11.5 Å². The Kier molecular flexibility index (Phi) is 8.11. The van der Waals surface area contributed by atoms with Gasteiger partial charge in [-0.1, -0.05) is 52.7 Å². The van der Waals surface area contributed by atoms with Crippen LogP contribution in [0.15, 0.2) is 57.5 Å². The number of hydrogen-bond donors (Lipinski definition) is 0. The minimum atomic E-state index is -0.786. The Morgan fingerprint density at radius 3 is 2.59 bits per heavy atom. The van der Waals surface area contributed by atoms with E-state index < -0.39 is 12.0 Å². The van der Waals surface area contributed by atoms with Crippen LogP contribution >= 0.6 is 34.5 Å². The van der Waals surface area contributed by atoms with Crippen LogP contribution < -0.4 is 24.4 Å². The number of methoxy groups -OCH3 is 1. The Balaban J connectivity index is 1.93. The Morgan fingerprint density at radius 1 is 1.22 bits per heavy atom. The quantitative estimate of drug-likeness (QED) is 0.384. The molecule has 37 heavy (non-hydrogen) atoms.